The molecular formula is C19H19N3O4S. The van der Waals surface area contributed by atoms with Gasteiger partial charge in [-0.3, -0.25) is 14.2 Å². The molecule has 27 heavy (non-hydrogen) atoms. The molecule has 0 saturated carbocycles. The van der Waals surface area contributed by atoms with E-state index in [1.165, 1.54) is 15.9 Å². The van der Waals surface area contributed by atoms with Crippen molar-refractivity contribution >= 4 is 27.5 Å². The lowest BCUT2D eigenvalue weighted by atomic mass is 10.2. The predicted molar refractivity (Wildman–Crippen MR) is 104 cm³/mol. The third-order valence-corrected chi connectivity index (χ3v) is 5.51. The maximum atomic E-state index is 13.0. The minimum atomic E-state index is -0.524. The zero-order valence-corrected chi connectivity index (χ0v) is 15.4. The van der Waals surface area contributed by atoms with E-state index >= 15 is 0 Å². The summed E-state index contributed by atoms with van der Waals surface area (Å²) in [5.41, 5.74) is 0.0716. The quantitative estimate of drug-likeness (QED) is 0.722. The highest BCUT2D eigenvalue weighted by Crippen LogP contribution is 2.16. The third-order valence-electron chi connectivity index (χ3n) is 4.62. The van der Waals surface area contributed by atoms with Gasteiger partial charge in [0, 0.05) is 13.2 Å². The molecule has 0 bridgehead atoms. The number of fused-ring (bicyclic) bond motifs is 1. The standard InChI is InChI=1S/C19H19N3O4S/c23-16(20-11-14-7-4-9-26-14)12-21-15-8-10-27-17(15)18(24)22(19(21)25)13-5-2-1-3-6-13/h1-3,5-6,8,10,14H,4,7,9,11-12H2,(H,20,23). The molecule has 1 N–H and O–H groups in total. The molecule has 3 heterocycles. The second-order valence-corrected chi connectivity index (χ2v) is 7.34. The number of rotatable bonds is 5. The summed E-state index contributed by atoms with van der Waals surface area (Å²) in [6.07, 6.45) is 1.95. The molecule has 1 amide bonds. The van der Waals surface area contributed by atoms with Gasteiger partial charge in [0.05, 0.1) is 17.3 Å². The van der Waals surface area contributed by atoms with Crippen LogP contribution < -0.4 is 16.6 Å². The van der Waals surface area contributed by atoms with E-state index in [0.29, 0.717) is 22.4 Å². The number of aromatic nitrogens is 2. The molecule has 4 rings (SSSR count). The maximum Gasteiger partial charge on any atom is 0.336 e. The first kappa shape index (κ1) is 17.7. The van der Waals surface area contributed by atoms with Gasteiger partial charge in [0.25, 0.3) is 5.56 Å². The van der Waals surface area contributed by atoms with Gasteiger partial charge in [-0.15, -0.1) is 11.3 Å². The molecule has 1 aliphatic heterocycles. The zero-order chi connectivity index (χ0) is 18.8. The van der Waals surface area contributed by atoms with E-state index in [2.05, 4.69) is 5.32 Å². The molecule has 1 saturated heterocycles. The first-order chi connectivity index (χ1) is 13.1. The molecule has 1 fully saturated rings. The van der Waals surface area contributed by atoms with Gasteiger partial charge in [0.2, 0.25) is 5.91 Å². The SMILES string of the molecule is O=C(Cn1c(=O)n(-c2ccccc2)c(=O)c2sccc21)NCC1CCCO1. The molecule has 140 valence electrons. The van der Waals surface area contributed by atoms with Crippen LogP contribution in [0.3, 0.4) is 0 Å². The maximum absolute atomic E-state index is 13.0. The van der Waals surface area contributed by atoms with Crippen LogP contribution in [0.4, 0.5) is 0 Å². The van der Waals surface area contributed by atoms with Crippen molar-refractivity contribution in [3.8, 4) is 5.69 Å². The number of benzene rings is 1. The highest BCUT2D eigenvalue weighted by atomic mass is 32.1. The van der Waals surface area contributed by atoms with Crippen molar-refractivity contribution in [3.63, 3.8) is 0 Å². The molecule has 0 aliphatic carbocycles. The lowest BCUT2D eigenvalue weighted by molar-refractivity contribution is -0.122. The molecule has 1 aromatic carbocycles. The summed E-state index contributed by atoms with van der Waals surface area (Å²) in [5.74, 6) is -0.279. The lowest BCUT2D eigenvalue weighted by Gasteiger charge is -2.14. The van der Waals surface area contributed by atoms with Crippen molar-refractivity contribution in [1.29, 1.82) is 0 Å². The second kappa shape index (κ2) is 7.50. The van der Waals surface area contributed by atoms with Crippen molar-refractivity contribution in [2.24, 2.45) is 0 Å². The number of para-hydroxylation sites is 1. The Hall–Kier alpha value is -2.71. The molecule has 0 spiro atoms. The highest BCUT2D eigenvalue weighted by molar-refractivity contribution is 7.17. The monoisotopic (exact) mass is 385 g/mol. The van der Waals surface area contributed by atoms with Gasteiger partial charge in [-0.2, -0.15) is 0 Å². The summed E-state index contributed by atoms with van der Waals surface area (Å²) in [7, 11) is 0. The van der Waals surface area contributed by atoms with Gasteiger partial charge >= 0.3 is 5.69 Å². The summed E-state index contributed by atoms with van der Waals surface area (Å²) >= 11 is 1.26. The fourth-order valence-corrected chi connectivity index (χ4v) is 4.10. The minimum absolute atomic E-state index is 0.0325. The number of ether oxygens (including phenoxy) is 1. The van der Waals surface area contributed by atoms with Crippen molar-refractivity contribution in [1.82, 2.24) is 14.5 Å². The van der Waals surface area contributed by atoms with Crippen LogP contribution in [0.25, 0.3) is 15.9 Å². The molecule has 2 aromatic heterocycles. The largest absolute Gasteiger partial charge is 0.376 e. The molecule has 1 aliphatic rings. The fraction of sp³-hybridized carbons (Fsp3) is 0.316. The average molecular weight is 385 g/mol. The molecule has 3 aromatic rings. The van der Waals surface area contributed by atoms with Crippen LogP contribution in [-0.2, 0) is 16.1 Å². The highest BCUT2D eigenvalue weighted by Gasteiger charge is 2.19. The number of nitrogens with zero attached hydrogens (tertiary/aromatic N) is 2. The predicted octanol–water partition coefficient (Wildman–Crippen LogP) is 1.51. The molecule has 0 radical (unpaired) electrons. The summed E-state index contributed by atoms with van der Waals surface area (Å²) < 4.78 is 8.42. The number of carbonyl (C=O) groups is 1. The van der Waals surface area contributed by atoms with Crippen LogP contribution in [-0.4, -0.2) is 34.3 Å². The Kier molecular flexibility index (Phi) is 4.91. The molecule has 7 nitrogen and oxygen atoms in total. The van der Waals surface area contributed by atoms with E-state index in [-0.39, 0.29) is 24.1 Å². The van der Waals surface area contributed by atoms with Crippen LogP contribution in [0, 0.1) is 0 Å². The number of thiophene rings is 1. The van der Waals surface area contributed by atoms with Crippen molar-refractivity contribution < 1.29 is 9.53 Å². The molecule has 8 heteroatoms. The number of amides is 1. The Balaban J connectivity index is 1.69. The van der Waals surface area contributed by atoms with Crippen LogP contribution in [0.2, 0.25) is 0 Å². The van der Waals surface area contributed by atoms with Crippen LogP contribution in [0.5, 0.6) is 0 Å². The lowest BCUT2D eigenvalue weighted by Crippen LogP contribution is -2.42. The number of hydrogen-bond acceptors (Lipinski definition) is 5. The van der Waals surface area contributed by atoms with Crippen molar-refractivity contribution in [2.75, 3.05) is 13.2 Å². The number of carbonyl (C=O) groups excluding carboxylic acids is 1. The van der Waals surface area contributed by atoms with Gasteiger partial charge in [-0.05, 0) is 36.4 Å². The van der Waals surface area contributed by atoms with Crippen LogP contribution >= 0.6 is 11.3 Å². The Morgan fingerprint density at radius 1 is 1.22 bits per heavy atom. The third kappa shape index (κ3) is 3.45. The summed E-state index contributed by atoms with van der Waals surface area (Å²) in [4.78, 5) is 38.2. The topological polar surface area (TPSA) is 82.3 Å². The molecule has 1 atom stereocenters. The molecule has 1 unspecified atom stereocenters. The van der Waals surface area contributed by atoms with Crippen LogP contribution in [0.15, 0.2) is 51.4 Å². The first-order valence-electron chi connectivity index (χ1n) is 8.82. The Morgan fingerprint density at radius 2 is 2.04 bits per heavy atom. The van der Waals surface area contributed by atoms with E-state index in [4.69, 9.17) is 4.74 Å². The summed E-state index contributed by atoms with van der Waals surface area (Å²) in [5, 5.41) is 4.57. The first-order valence-corrected chi connectivity index (χ1v) is 9.70. The Bertz CT molecular complexity index is 1080. The number of hydrogen-bond donors (Lipinski definition) is 1. The smallest absolute Gasteiger partial charge is 0.336 e. The van der Waals surface area contributed by atoms with E-state index < -0.39 is 5.69 Å². The van der Waals surface area contributed by atoms with Gasteiger partial charge < -0.3 is 10.1 Å². The zero-order valence-electron chi connectivity index (χ0n) is 14.6. The number of nitrogens with one attached hydrogen (secondary N) is 1. The van der Waals surface area contributed by atoms with Crippen molar-refractivity contribution in [2.45, 2.75) is 25.5 Å². The van der Waals surface area contributed by atoms with Gasteiger partial charge in [0.1, 0.15) is 11.2 Å². The fourth-order valence-electron chi connectivity index (χ4n) is 3.28. The van der Waals surface area contributed by atoms with Gasteiger partial charge in [0.15, 0.2) is 0 Å². The van der Waals surface area contributed by atoms with Crippen molar-refractivity contribution in [3.05, 3.63) is 62.6 Å². The van der Waals surface area contributed by atoms with Gasteiger partial charge in [-0.1, -0.05) is 18.2 Å². The molecular weight excluding hydrogens is 366 g/mol. The average Bonchev–Trinajstić information content (AvgIpc) is 3.36. The summed E-state index contributed by atoms with van der Waals surface area (Å²) in [6.45, 7) is 1.00. The normalized spacial score (nSPS) is 16.7. The van der Waals surface area contributed by atoms with E-state index in [0.717, 1.165) is 24.0 Å². The summed E-state index contributed by atoms with van der Waals surface area (Å²) in [6, 6.07) is 10.4. The van der Waals surface area contributed by atoms with E-state index in [1.54, 1.807) is 35.7 Å². The van der Waals surface area contributed by atoms with Gasteiger partial charge in [-0.25, -0.2) is 9.36 Å². The van der Waals surface area contributed by atoms with E-state index in [1.807, 2.05) is 6.07 Å². The second-order valence-electron chi connectivity index (χ2n) is 6.42. The van der Waals surface area contributed by atoms with E-state index in [9.17, 15) is 14.4 Å². The Labute approximate surface area is 158 Å². The van der Waals surface area contributed by atoms with Crippen LogP contribution in [0.1, 0.15) is 12.8 Å². The Morgan fingerprint density at radius 3 is 2.78 bits per heavy atom. The minimum Gasteiger partial charge on any atom is -0.376 e.